The van der Waals surface area contributed by atoms with Gasteiger partial charge in [-0.1, -0.05) is 6.42 Å². The summed E-state index contributed by atoms with van der Waals surface area (Å²) in [6, 6.07) is 4.70. The van der Waals surface area contributed by atoms with Crippen LogP contribution in [-0.4, -0.2) is 54.3 Å². The van der Waals surface area contributed by atoms with Gasteiger partial charge < -0.3 is 0 Å². The third-order valence-electron chi connectivity index (χ3n) is 4.54. The first-order valence-electron chi connectivity index (χ1n) is 7.78. The minimum absolute atomic E-state index is 0.294. The Morgan fingerprint density at radius 3 is 2.75 bits per heavy atom. The van der Waals surface area contributed by atoms with Gasteiger partial charge in [0.25, 0.3) is 0 Å². The van der Waals surface area contributed by atoms with Crippen LogP contribution < -0.4 is 0 Å². The van der Waals surface area contributed by atoms with E-state index in [1.165, 1.54) is 43.6 Å². The van der Waals surface area contributed by atoms with Crippen LogP contribution in [0.5, 0.6) is 0 Å². The van der Waals surface area contributed by atoms with Crippen LogP contribution in [0.2, 0.25) is 0 Å². The van der Waals surface area contributed by atoms with Gasteiger partial charge in [0.15, 0.2) is 5.78 Å². The summed E-state index contributed by atoms with van der Waals surface area (Å²) in [5, 5.41) is 0. The number of piperidine rings is 1. The molecular weight excluding hydrogens is 268 g/mol. The molecule has 110 valence electrons. The van der Waals surface area contributed by atoms with E-state index in [0.29, 0.717) is 18.4 Å². The van der Waals surface area contributed by atoms with Gasteiger partial charge in [0, 0.05) is 24.0 Å². The summed E-state index contributed by atoms with van der Waals surface area (Å²) in [4.78, 5) is 19.4. The Kier molecular flexibility index (Phi) is 4.54. The number of ketones is 1. The Balaban J connectivity index is 1.51. The van der Waals surface area contributed by atoms with Crippen LogP contribution in [0, 0.1) is 6.92 Å². The molecule has 3 heterocycles. The second kappa shape index (κ2) is 6.37. The molecule has 3 nitrogen and oxygen atoms in total. The fourth-order valence-electron chi connectivity index (χ4n) is 3.40. The summed E-state index contributed by atoms with van der Waals surface area (Å²) in [6.45, 7) is 7.34. The normalized spacial score (nSPS) is 25.1. The molecule has 1 aromatic rings. The number of aryl methyl sites for hydroxylation is 1. The zero-order valence-electron chi connectivity index (χ0n) is 12.3. The summed E-state index contributed by atoms with van der Waals surface area (Å²) in [5.74, 6) is 0.294. The standard InChI is InChI=1S/C16H24N2OS/c1-13-5-6-16(20-13)15(19)12-17-10-7-14(11-17)18-8-3-2-4-9-18/h5-6,14H,2-4,7-12H2,1H3. The highest BCUT2D eigenvalue weighted by atomic mass is 32.1. The topological polar surface area (TPSA) is 23.6 Å². The minimum Gasteiger partial charge on any atom is -0.299 e. The molecule has 0 bridgehead atoms. The Hall–Kier alpha value is -0.710. The lowest BCUT2D eigenvalue weighted by atomic mass is 10.1. The average molecular weight is 292 g/mol. The van der Waals surface area contributed by atoms with Gasteiger partial charge in [-0.25, -0.2) is 0 Å². The Morgan fingerprint density at radius 2 is 2.05 bits per heavy atom. The van der Waals surface area contributed by atoms with Gasteiger partial charge in [0.2, 0.25) is 0 Å². The largest absolute Gasteiger partial charge is 0.299 e. The van der Waals surface area contributed by atoms with Crippen molar-refractivity contribution in [3.63, 3.8) is 0 Å². The first kappa shape index (κ1) is 14.2. The maximum Gasteiger partial charge on any atom is 0.186 e. The van der Waals surface area contributed by atoms with Gasteiger partial charge in [-0.05, 0) is 51.4 Å². The van der Waals surface area contributed by atoms with Crippen molar-refractivity contribution in [2.75, 3.05) is 32.7 Å². The minimum atomic E-state index is 0.294. The van der Waals surface area contributed by atoms with Gasteiger partial charge in [0.05, 0.1) is 11.4 Å². The molecule has 1 unspecified atom stereocenters. The van der Waals surface area contributed by atoms with E-state index >= 15 is 0 Å². The fraction of sp³-hybridized carbons (Fsp3) is 0.688. The first-order valence-corrected chi connectivity index (χ1v) is 8.60. The van der Waals surface area contributed by atoms with Gasteiger partial charge >= 0.3 is 0 Å². The second-order valence-electron chi connectivity index (χ2n) is 6.11. The van der Waals surface area contributed by atoms with Gasteiger partial charge in [-0.15, -0.1) is 11.3 Å². The highest BCUT2D eigenvalue weighted by Crippen LogP contribution is 2.21. The number of hydrogen-bond acceptors (Lipinski definition) is 4. The van der Waals surface area contributed by atoms with Crippen LogP contribution in [-0.2, 0) is 0 Å². The number of carbonyl (C=O) groups is 1. The van der Waals surface area contributed by atoms with Crippen molar-refractivity contribution in [3.05, 3.63) is 21.9 Å². The molecule has 20 heavy (non-hydrogen) atoms. The number of carbonyl (C=O) groups excluding carboxylic acids is 1. The molecule has 2 aliphatic heterocycles. The monoisotopic (exact) mass is 292 g/mol. The SMILES string of the molecule is Cc1ccc(C(=O)CN2CCC(N3CCCCC3)C2)s1. The van der Waals surface area contributed by atoms with E-state index in [0.717, 1.165) is 18.0 Å². The smallest absolute Gasteiger partial charge is 0.186 e. The predicted octanol–water partition coefficient (Wildman–Crippen LogP) is 2.80. The van der Waals surface area contributed by atoms with E-state index in [2.05, 4.69) is 16.7 Å². The third kappa shape index (κ3) is 3.30. The number of Topliss-reactive ketones (excluding diaryl/α,β-unsaturated/α-hetero) is 1. The van der Waals surface area contributed by atoms with Crippen LogP contribution in [0.1, 0.15) is 40.2 Å². The number of rotatable bonds is 4. The van der Waals surface area contributed by atoms with Crippen molar-refractivity contribution in [1.82, 2.24) is 9.80 Å². The molecule has 3 rings (SSSR count). The van der Waals surface area contributed by atoms with Crippen molar-refractivity contribution in [2.24, 2.45) is 0 Å². The maximum absolute atomic E-state index is 12.3. The average Bonchev–Trinajstić information content (AvgIpc) is 3.09. The highest BCUT2D eigenvalue weighted by molar-refractivity contribution is 7.14. The molecule has 0 radical (unpaired) electrons. The zero-order chi connectivity index (χ0) is 13.9. The molecular formula is C16H24N2OS. The molecule has 1 atom stereocenters. The molecule has 0 aromatic carbocycles. The molecule has 1 aromatic heterocycles. The highest BCUT2D eigenvalue weighted by Gasteiger charge is 2.29. The number of likely N-dealkylation sites (tertiary alicyclic amines) is 2. The molecule has 4 heteroatoms. The molecule has 0 amide bonds. The Labute approximate surface area is 125 Å². The van der Waals surface area contributed by atoms with Crippen molar-refractivity contribution in [1.29, 1.82) is 0 Å². The van der Waals surface area contributed by atoms with Crippen LogP contribution in [0.15, 0.2) is 12.1 Å². The number of hydrogen-bond donors (Lipinski definition) is 0. The van der Waals surface area contributed by atoms with E-state index < -0.39 is 0 Å². The summed E-state index contributed by atoms with van der Waals surface area (Å²) in [5.41, 5.74) is 0. The van der Waals surface area contributed by atoms with E-state index in [4.69, 9.17) is 0 Å². The summed E-state index contributed by atoms with van der Waals surface area (Å²) in [7, 11) is 0. The summed E-state index contributed by atoms with van der Waals surface area (Å²) >= 11 is 1.62. The fourth-order valence-corrected chi connectivity index (χ4v) is 4.20. The van der Waals surface area contributed by atoms with Crippen molar-refractivity contribution in [2.45, 2.75) is 38.6 Å². The lowest BCUT2D eigenvalue weighted by molar-refractivity contribution is 0.0940. The molecule has 0 saturated carbocycles. The molecule has 2 aliphatic rings. The van der Waals surface area contributed by atoms with Crippen LogP contribution >= 0.6 is 11.3 Å². The van der Waals surface area contributed by atoms with Gasteiger partial charge in [-0.2, -0.15) is 0 Å². The van der Waals surface area contributed by atoms with Crippen molar-refractivity contribution in [3.8, 4) is 0 Å². The van der Waals surface area contributed by atoms with E-state index in [-0.39, 0.29) is 0 Å². The van der Waals surface area contributed by atoms with E-state index in [9.17, 15) is 4.79 Å². The zero-order valence-corrected chi connectivity index (χ0v) is 13.1. The number of nitrogens with zero attached hydrogens (tertiary/aromatic N) is 2. The van der Waals surface area contributed by atoms with Crippen LogP contribution in [0.3, 0.4) is 0 Å². The number of thiophene rings is 1. The predicted molar refractivity (Wildman–Crippen MR) is 83.7 cm³/mol. The van der Waals surface area contributed by atoms with E-state index in [1.807, 2.05) is 12.1 Å². The lowest BCUT2D eigenvalue weighted by Gasteiger charge is -2.32. The van der Waals surface area contributed by atoms with Crippen molar-refractivity contribution >= 4 is 17.1 Å². The quantitative estimate of drug-likeness (QED) is 0.797. The molecule has 2 saturated heterocycles. The third-order valence-corrected chi connectivity index (χ3v) is 5.58. The maximum atomic E-state index is 12.3. The molecule has 2 fully saturated rings. The van der Waals surface area contributed by atoms with Crippen molar-refractivity contribution < 1.29 is 4.79 Å². The Bertz CT molecular complexity index is 465. The summed E-state index contributed by atoms with van der Waals surface area (Å²) < 4.78 is 0. The summed E-state index contributed by atoms with van der Waals surface area (Å²) in [6.07, 6.45) is 5.33. The molecule has 0 N–H and O–H groups in total. The Morgan fingerprint density at radius 1 is 1.25 bits per heavy atom. The first-order chi connectivity index (χ1) is 9.72. The van der Waals surface area contributed by atoms with Gasteiger partial charge in [0.1, 0.15) is 0 Å². The molecule has 0 spiro atoms. The lowest BCUT2D eigenvalue weighted by Crippen LogP contribution is -2.41. The second-order valence-corrected chi connectivity index (χ2v) is 7.40. The van der Waals surface area contributed by atoms with Gasteiger partial charge in [-0.3, -0.25) is 14.6 Å². The van der Waals surface area contributed by atoms with E-state index in [1.54, 1.807) is 11.3 Å². The van der Waals surface area contributed by atoms with Crippen LogP contribution in [0.4, 0.5) is 0 Å². The molecule has 0 aliphatic carbocycles. The van der Waals surface area contributed by atoms with Crippen LogP contribution in [0.25, 0.3) is 0 Å².